The van der Waals surface area contributed by atoms with Gasteiger partial charge in [-0.25, -0.2) is 0 Å². The Labute approximate surface area is 148 Å². The summed E-state index contributed by atoms with van der Waals surface area (Å²) in [5, 5.41) is 17.4. The number of carbonyl (C=O) groups excluding carboxylic acids is 1. The third-order valence-electron chi connectivity index (χ3n) is 3.22. The monoisotopic (exact) mass is 367 g/mol. The first-order valence-electron chi connectivity index (χ1n) is 7.19. The van der Waals surface area contributed by atoms with Gasteiger partial charge in [0, 0.05) is 35.8 Å². The summed E-state index contributed by atoms with van der Waals surface area (Å²) in [5.41, 5.74) is 1.11. The van der Waals surface area contributed by atoms with E-state index < -0.39 is 4.92 Å². The van der Waals surface area contributed by atoms with Gasteiger partial charge >= 0.3 is 0 Å². The molecule has 0 atom stereocenters. The summed E-state index contributed by atoms with van der Waals surface area (Å²) in [6.45, 7) is 1.05. The molecule has 0 saturated carbocycles. The average molecular weight is 368 g/mol. The maximum atomic E-state index is 11.9. The molecule has 0 bridgehead atoms. The van der Waals surface area contributed by atoms with Crippen LogP contribution in [0.25, 0.3) is 0 Å². The number of hydrogen-bond acceptors (Lipinski definition) is 4. The van der Waals surface area contributed by atoms with E-state index in [9.17, 15) is 14.9 Å². The van der Waals surface area contributed by atoms with Crippen molar-refractivity contribution >= 4 is 40.5 Å². The minimum Gasteiger partial charge on any atom is -0.384 e. The van der Waals surface area contributed by atoms with Gasteiger partial charge in [-0.1, -0.05) is 23.2 Å². The molecule has 0 saturated heterocycles. The van der Waals surface area contributed by atoms with Crippen LogP contribution in [-0.4, -0.2) is 23.9 Å². The normalized spacial score (nSPS) is 10.2. The summed E-state index contributed by atoms with van der Waals surface area (Å²) in [6.07, 6.45) is 0.673. The number of rotatable bonds is 7. The van der Waals surface area contributed by atoms with Crippen LogP contribution in [0.1, 0.15) is 16.8 Å². The Morgan fingerprint density at radius 2 is 1.79 bits per heavy atom. The lowest BCUT2D eigenvalue weighted by Crippen LogP contribution is -2.25. The maximum Gasteiger partial charge on any atom is 0.271 e. The molecular weight excluding hydrogens is 353 g/mol. The van der Waals surface area contributed by atoms with Crippen molar-refractivity contribution in [2.75, 3.05) is 18.4 Å². The van der Waals surface area contributed by atoms with E-state index >= 15 is 0 Å². The molecule has 126 valence electrons. The Morgan fingerprint density at radius 1 is 1.08 bits per heavy atom. The zero-order valence-corrected chi connectivity index (χ0v) is 14.1. The molecule has 0 aliphatic rings. The number of amides is 1. The lowest BCUT2D eigenvalue weighted by molar-refractivity contribution is -0.384. The molecule has 2 N–H and O–H groups in total. The number of halogens is 2. The van der Waals surface area contributed by atoms with Gasteiger partial charge in [-0.05, 0) is 36.8 Å². The minimum absolute atomic E-state index is 0.0548. The number of nitro benzene ring substituents is 1. The summed E-state index contributed by atoms with van der Waals surface area (Å²) in [4.78, 5) is 22.0. The quantitative estimate of drug-likeness (QED) is 0.437. The van der Waals surface area contributed by atoms with Crippen LogP contribution in [0.2, 0.25) is 10.0 Å². The molecule has 2 aromatic carbocycles. The highest BCUT2D eigenvalue weighted by atomic mass is 35.5. The number of carbonyl (C=O) groups is 1. The molecule has 0 unspecified atom stereocenters. The Hall–Kier alpha value is -2.31. The molecular formula is C16H15Cl2N3O3. The van der Waals surface area contributed by atoms with Gasteiger partial charge in [0.1, 0.15) is 0 Å². The van der Waals surface area contributed by atoms with Crippen molar-refractivity contribution in [3.05, 3.63) is 68.2 Å². The zero-order chi connectivity index (χ0) is 17.5. The van der Waals surface area contributed by atoms with Gasteiger partial charge in [-0.3, -0.25) is 14.9 Å². The Morgan fingerprint density at radius 3 is 2.42 bits per heavy atom. The molecule has 0 aromatic heterocycles. The fourth-order valence-electron chi connectivity index (χ4n) is 1.98. The van der Waals surface area contributed by atoms with Crippen LogP contribution in [0.4, 0.5) is 11.4 Å². The van der Waals surface area contributed by atoms with Crippen LogP contribution >= 0.6 is 23.2 Å². The first-order chi connectivity index (χ1) is 11.5. The van der Waals surface area contributed by atoms with Crippen LogP contribution in [0.3, 0.4) is 0 Å². The van der Waals surface area contributed by atoms with Gasteiger partial charge < -0.3 is 10.6 Å². The first kappa shape index (κ1) is 18.0. The molecule has 1 amide bonds. The highest BCUT2D eigenvalue weighted by Crippen LogP contribution is 2.26. The van der Waals surface area contributed by atoms with E-state index in [2.05, 4.69) is 10.6 Å². The lowest BCUT2D eigenvalue weighted by atomic mass is 10.2. The summed E-state index contributed by atoms with van der Waals surface area (Å²) >= 11 is 11.8. The second-order valence-electron chi connectivity index (χ2n) is 4.96. The van der Waals surface area contributed by atoms with Gasteiger partial charge in [0.2, 0.25) is 0 Å². The van der Waals surface area contributed by atoms with Crippen molar-refractivity contribution in [1.82, 2.24) is 5.32 Å². The van der Waals surface area contributed by atoms with Crippen molar-refractivity contribution < 1.29 is 9.72 Å². The number of non-ortho nitro benzene ring substituents is 1. The number of benzene rings is 2. The smallest absolute Gasteiger partial charge is 0.271 e. The van der Waals surface area contributed by atoms with Gasteiger partial charge in [-0.2, -0.15) is 0 Å². The zero-order valence-electron chi connectivity index (χ0n) is 12.6. The second-order valence-corrected chi connectivity index (χ2v) is 5.81. The molecule has 8 heteroatoms. The van der Waals surface area contributed by atoms with Crippen LogP contribution < -0.4 is 10.6 Å². The van der Waals surface area contributed by atoms with Gasteiger partial charge in [0.25, 0.3) is 11.6 Å². The lowest BCUT2D eigenvalue weighted by Gasteiger charge is -2.09. The Kier molecular flexibility index (Phi) is 6.40. The molecule has 24 heavy (non-hydrogen) atoms. The van der Waals surface area contributed by atoms with Gasteiger partial charge in [0.05, 0.1) is 15.6 Å². The highest BCUT2D eigenvalue weighted by molar-refractivity contribution is 6.33. The largest absolute Gasteiger partial charge is 0.384 e. The summed E-state index contributed by atoms with van der Waals surface area (Å²) in [6, 6.07) is 10.9. The first-order valence-corrected chi connectivity index (χ1v) is 7.94. The summed E-state index contributed by atoms with van der Waals surface area (Å²) in [5.74, 6) is -0.167. The van der Waals surface area contributed by atoms with Crippen molar-refractivity contribution in [2.45, 2.75) is 6.42 Å². The van der Waals surface area contributed by atoms with E-state index in [1.54, 1.807) is 30.3 Å². The minimum atomic E-state index is -0.498. The molecule has 0 fully saturated rings. The van der Waals surface area contributed by atoms with Crippen LogP contribution in [0.5, 0.6) is 0 Å². The van der Waals surface area contributed by atoms with E-state index in [-0.39, 0.29) is 16.6 Å². The predicted octanol–water partition coefficient (Wildman–Crippen LogP) is 4.13. The molecule has 0 aliphatic heterocycles. The fraction of sp³-hybridized carbons (Fsp3) is 0.188. The average Bonchev–Trinajstić information content (AvgIpc) is 2.56. The number of nitrogens with one attached hydrogen (secondary N) is 2. The van der Waals surface area contributed by atoms with E-state index in [1.807, 2.05) is 0 Å². The summed E-state index contributed by atoms with van der Waals surface area (Å²) in [7, 11) is 0. The molecule has 0 aliphatic carbocycles. The van der Waals surface area contributed by atoms with E-state index in [0.717, 1.165) is 0 Å². The molecule has 2 aromatic rings. The van der Waals surface area contributed by atoms with Crippen molar-refractivity contribution in [2.24, 2.45) is 0 Å². The molecule has 0 heterocycles. The van der Waals surface area contributed by atoms with Crippen LogP contribution in [0.15, 0.2) is 42.5 Å². The highest BCUT2D eigenvalue weighted by Gasteiger charge is 2.09. The van der Waals surface area contributed by atoms with Gasteiger partial charge in [0.15, 0.2) is 0 Å². The number of hydrogen-bond donors (Lipinski definition) is 2. The summed E-state index contributed by atoms with van der Waals surface area (Å²) < 4.78 is 0. The number of nitrogens with zero attached hydrogens (tertiary/aromatic N) is 1. The van der Waals surface area contributed by atoms with Crippen LogP contribution in [-0.2, 0) is 0 Å². The molecule has 6 nitrogen and oxygen atoms in total. The topological polar surface area (TPSA) is 84.3 Å². The standard InChI is InChI=1S/C16H15Cl2N3O3/c17-12-4-2-11(3-5-12)16(22)20-9-1-8-19-15-7-6-13(21(23)24)10-14(15)18/h2-7,10,19H,1,8-9H2,(H,20,22). The van der Waals surface area contributed by atoms with Gasteiger partial charge in [-0.15, -0.1) is 0 Å². The molecule has 0 radical (unpaired) electrons. The van der Waals surface area contributed by atoms with Crippen molar-refractivity contribution in [3.63, 3.8) is 0 Å². The Balaban J connectivity index is 1.74. The third kappa shape index (κ3) is 5.11. The molecule has 0 spiro atoms. The van der Waals surface area contributed by atoms with Crippen LogP contribution in [0, 0.1) is 10.1 Å². The SMILES string of the molecule is O=C(NCCCNc1ccc([N+](=O)[O-])cc1Cl)c1ccc(Cl)cc1. The predicted molar refractivity (Wildman–Crippen MR) is 95.0 cm³/mol. The third-order valence-corrected chi connectivity index (χ3v) is 3.79. The van der Waals surface area contributed by atoms with E-state index in [4.69, 9.17) is 23.2 Å². The Bertz CT molecular complexity index is 736. The second kappa shape index (κ2) is 8.52. The fourth-order valence-corrected chi connectivity index (χ4v) is 2.35. The molecule has 2 rings (SSSR count). The van der Waals surface area contributed by atoms with E-state index in [0.29, 0.717) is 35.8 Å². The van der Waals surface area contributed by atoms with E-state index in [1.165, 1.54) is 12.1 Å². The maximum absolute atomic E-state index is 11.9. The number of nitro groups is 1. The van der Waals surface area contributed by atoms with Crippen molar-refractivity contribution in [1.29, 1.82) is 0 Å². The number of anilines is 1. The van der Waals surface area contributed by atoms with Crippen molar-refractivity contribution in [3.8, 4) is 0 Å².